The summed E-state index contributed by atoms with van der Waals surface area (Å²) in [5.41, 5.74) is 1.92. The van der Waals surface area contributed by atoms with Gasteiger partial charge in [-0.3, -0.25) is 14.4 Å². The van der Waals surface area contributed by atoms with E-state index in [0.29, 0.717) is 17.2 Å². The third kappa shape index (κ3) is 6.11. The van der Waals surface area contributed by atoms with E-state index in [0.717, 1.165) is 11.3 Å². The van der Waals surface area contributed by atoms with Crippen molar-refractivity contribution in [2.45, 2.75) is 18.7 Å². The minimum absolute atomic E-state index is 0.161. The Hall–Kier alpha value is -5.59. The number of rotatable bonds is 4. The lowest BCUT2D eigenvalue weighted by atomic mass is 10.1. The van der Waals surface area contributed by atoms with Gasteiger partial charge in [0.1, 0.15) is 29.1 Å². The maximum Gasteiger partial charge on any atom is 0.276 e. The van der Waals surface area contributed by atoms with E-state index in [-0.39, 0.29) is 55.1 Å². The first-order valence-corrected chi connectivity index (χ1v) is 13.9. The molecule has 2 N–H and O–H groups in total. The van der Waals surface area contributed by atoms with Gasteiger partial charge < -0.3 is 34.5 Å². The summed E-state index contributed by atoms with van der Waals surface area (Å²) in [6.45, 7) is 0.268. The molecule has 4 heterocycles. The Kier molecular flexibility index (Phi) is 8.00. The zero-order valence-electron chi connectivity index (χ0n) is 24.1. The molecule has 226 valence electrons. The maximum atomic E-state index is 13.6. The molecule has 4 aromatic rings. The molecule has 1 aromatic heterocycles. The molecule has 0 aliphatic carbocycles. The van der Waals surface area contributed by atoms with Crippen LogP contribution in [0, 0.1) is 0 Å². The molecule has 3 aliphatic heterocycles. The van der Waals surface area contributed by atoms with Crippen molar-refractivity contribution in [3.8, 4) is 28.7 Å². The largest absolute Gasteiger partial charge is 0.497 e. The zero-order valence-corrected chi connectivity index (χ0v) is 24.1. The fourth-order valence-electron chi connectivity index (χ4n) is 5.10. The van der Waals surface area contributed by atoms with Gasteiger partial charge in [-0.25, -0.2) is 4.68 Å². The SMILES string of the molecule is COc1cc2cc(c1)C(=O)N[C@H]1CN(C(=O)c3cn(-c4ccccc4)nn3)C[C@@H]1Oc1ccc(c(OC)c1)CNC(=O)CO2. The lowest BCUT2D eigenvalue weighted by molar-refractivity contribution is -0.123. The van der Waals surface area contributed by atoms with E-state index < -0.39 is 18.1 Å². The van der Waals surface area contributed by atoms with Gasteiger partial charge in [-0.05, 0) is 36.4 Å². The normalized spacial score (nSPS) is 18.3. The fourth-order valence-corrected chi connectivity index (χ4v) is 5.10. The van der Waals surface area contributed by atoms with Crippen LogP contribution >= 0.6 is 0 Å². The molecule has 3 aliphatic rings. The van der Waals surface area contributed by atoms with Crippen molar-refractivity contribution in [3.05, 3.63) is 89.7 Å². The first-order chi connectivity index (χ1) is 21.4. The molecule has 0 unspecified atom stereocenters. The number of likely N-dealkylation sites (tertiary alicyclic amines) is 1. The minimum atomic E-state index is -0.612. The van der Waals surface area contributed by atoms with Crippen LogP contribution in [0.15, 0.2) is 72.9 Å². The van der Waals surface area contributed by atoms with Crippen molar-refractivity contribution in [1.29, 1.82) is 0 Å². The molecule has 0 spiro atoms. The van der Waals surface area contributed by atoms with Crippen molar-refractivity contribution < 1.29 is 33.3 Å². The molecular weight excluding hydrogens is 568 g/mol. The van der Waals surface area contributed by atoms with E-state index in [1.54, 1.807) is 41.4 Å². The number of aromatic nitrogens is 3. The van der Waals surface area contributed by atoms with Gasteiger partial charge in [0.05, 0.1) is 38.7 Å². The van der Waals surface area contributed by atoms with Gasteiger partial charge in [0.2, 0.25) is 0 Å². The highest BCUT2D eigenvalue weighted by Gasteiger charge is 2.39. The van der Waals surface area contributed by atoms with Crippen LogP contribution in [0.5, 0.6) is 23.0 Å². The molecule has 3 aromatic carbocycles. The zero-order chi connectivity index (χ0) is 30.6. The van der Waals surface area contributed by atoms with Gasteiger partial charge >= 0.3 is 0 Å². The standard InChI is InChI=1S/C31H30N6O7/c1-41-23-10-20-11-24(12-23)43-18-29(38)32-14-19-8-9-22(13-27(19)42-2)44-28-17-36(15-25(28)33-30(20)39)31(40)26-16-37(35-34-26)21-6-4-3-5-7-21/h3-13,16,25,28H,14-15,17-18H2,1-2H3,(H,32,38)(H,33,39)/t25-,28-/m0/s1. The number of benzene rings is 3. The van der Waals surface area contributed by atoms with Crippen LogP contribution in [0.25, 0.3) is 5.69 Å². The second-order valence-electron chi connectivity index (χ2n) is 10.3. The van der Waals surface area contributed by atoms with Gasteiger partial charge in [-0.1, -0.05) is 23.4 Å². The number of nitrogens with zero attached hydrogens (tertiary/aromatic N) is 4. The first kappa shape index (κ1) is 28.5. The van der Waals surface area contributed by atoms with Gasteiger partial charge in [-0.2, -0.15) is 0 Å². The molecule has 44 heavy (non-hydrogen) atoms. The molecule has 1 fully saturated rings. The van der Waals surface area contributed by atoms with Crippen LogP contribution < -0.4 is 29.6 Å². The van der Waals surface area contributed by atoms with Crippen LogP contribution in [0.3, 0.4) is 0 Å². The predicted octanol–water partition coefficient (Wildman–Crippen LogP) is 2.00. The van der Waals surface area contributed by atoms with E-state index in [1.165, 1.54) is 25.0 Å². The number of hydrogen-bond acceptors (Lipinski definition) is 9. The lowest BCUT2D eigenvalue weighted by Crippen LogP contribution is -2.45. The predicted molar refractivity (Wildman–Crippen MR) is 156 cm³/mol. The maximum absolute atomic E-state index is 13.6. The Morgan fingerprint density at radius 3 is 2.61 bits per heavy atom. The van der Waals surface area contributed by atoms with E-state index in [4.69, 9.17) is 18.9 Å². The van der Waals surface area contributed by atoms with E-state index >= 15 is 0 Å². The van der Waals surface area contributed by atoms with Crippen molar-refractivity contribution in [3.63, 3.8) is 0 Å². The summed E-state index contributed by atoms with van der Waals surface area (Å²) >= 11 is 0. The Bertz CT molecular complexity index is 1690. The summed E-state index contributed by atoms with van der Waals surface area (Å²) in [7, 11) is 3.00. The Morgan fingerprint density at radius 2 is 1.82 bits per heavy atom. The number of hydrogen-bond donors (Lipinski definition) is 2. The number of amides is 3. The van der Waals surface area contributed by atoms with Crippen molar-refractivity contribution in [2.24, 2.45) is 0 Å². The Labute approximate surface area is 252 Å². The molecule has 0 saturated carbocycles. The van der Waals surface area contributed by atoms with Crippen LogP contribution in [-0.4, -0.2) is 83.7 Å². The number of carbonyl (C=O) groups excluding carboxylic acids is 3. The third-order valence-corrected chi connectivity index (χ3v) is 7.37. The molecule has 13 heteroatoms. The van der Waals surface area contributed by atoms with Crippen LogP contribution in [0.1, 0.15) is 26.4 Å². The van der Waals surface area contributed by atoms with E-state index in [1.807, 2.05) is 30.3 Å². The summed E-state index contributed by atoms with van der Waals surface area (Å²) in [5, 5.41) is 14.0. The monoisotopic (exact) mass is 598 g/mol. The van der Waals surface area contributed by atoms with Gasteiger partial charge in [-0.15, -0.1) is 5.10 Å². The van der Waals surface area contributed by atoms with Crippen LogP contribution in [-0.2, 0) is 11.3 Å². The van der Waals surface area contributed by atoms with Gasteiger partial charge in [0, 0.05) is 36.3 Å². The third-order valence-electron chi connectivity index (χ3n) is 7.37. The second-order valence-corrected chi connectivity index (χ2v) is 10.3. The number of ether oxygens (including phenoxy) is 4. The summed E-state index contributed by atoms with van der Waals surface area (Å²) < 4.78 is 24.5. The quantitative estimate of drug-likeness (QED) is 0.360. The van der Waals surface area contributed by atoms with Gasteiger partial charge in [0.25, 0.3) is 17.7 Å². The minimum Gasteiger partial charge on any atom is -0.497 e. The summed E-state index contributed by atoms with van der Waals surface area (Å²) in [6.07, 6.45) is 0.961. The molecule has 4 bridgehead atoms. The first-order valence-electron chi connectivity index (χ1n) is 13.9. The molecule has 7 rings (SSSR count). The molecule has 13 nitrogen and oxygen atoms in total. The highest BCUT2D eigenvalue weighted by Crippen LogP contribution is 2.28. The molecule has 1 saturated heterocycles. The summed E-state index contributed by atoms with van der Waals surface area (Å²) in [6, 6.07) is 18.7. The van der Waals surface area contributed by atoms with Crippen molar-refractivity contribution in [1.82, 2.24) is 30.5 Å². The Balaban J connectivity index is 1.30. The summed E-state index contributed by atoms with van der Waals surface area (Å²) in [4.78, 5) is 41.2. The second kappa shape index (κ2) is 12.3. The van der Waals surface area contributed by atoms with E-state index in [2.05, 4.69) is 20.9 Å². The topological polar surface area (TPSA) is 146 Å². The average molecular weight is 599 g/mol. The average Bonchev–Trinajstić information content (AvgIpc) is 3.70. The fraction of sp³-hybridized carbons (Fsp3) is 0.258. The summed E-state index contributed by atoms with van der Waals surface area (Å²) in [5.74, 6) is 0.515. The number of methoxy groups -OCH3 is 2. The number of fused-ring (bicyclic) bond motifs is 7. The Morgan fingerprint density at radius 1 is 0.977 bits per heavy atom. The molecule has 2 atom stereocenters. The highest BCUT2D eigenvalue weighted by atomic mass is 16.5. The highest BCUT2D eigenvalue weighted by molar-refractivity contribution is 5.96. The van der Waals surface area contributed by atoms with Crippen LogP contribution in [0.4, 0.5) is 0 Å². The molecule has 3 amide bonds. The smallest absolute Gasteiger partial charge is 0.276 e. The lowest BCUT2D eigenvalue weighted by Gasteiger charge is -2.22. The molecular formula is C31H30N6O7. The van der Waals surface area contributed by atoms with Crippen molar-refractivity contribution in [2.75, 3.05) is 33.9 Å². The van der Waals surface area contributed by atoms with E-state index in [9.17, 15) is 14.4 Å². The molecule has 0 radical (unpaired) electrons. The van der Waals surface area contributed by atoms with Crippen molar-refractivity contribution >= 4 is 17.7 Å². The van der Waals surface area contributed by atoms with Crippen LogP contribution in [0.2, 0.25) is 0 Å². The number of carbonyl (C=O) groups is 3. The van der Waals surface area contributed by atoms with Gasteiger partial charge in [0.15, 0.2) is 12.3 Å². The number of nitrogens with one attached hydrogen (secondary N) is 2. The number of para-hydroxylation sites is 1.